The number of nitriles is 1. The van der Waals surface area contributed by atoms with Gasteiger partial charge in [-0.15, -0.1) is 0 Å². The van der Waals surface area contributed by atoms with Crippen molar-refractivity contribution in [1.29, 1.82) is 5.26 Å². The molecule has 2 aromatic carbocycles. The van der Waals surface area contributed by atoms with Gasteiger partial charge in [0.15, 0.2) is 5.82 Å². The Morgan fingerprint density at radius 2 is 1.97 bits per heavy atom. The minimum atomic E-state index is -2.83. The van der Waals surface area contributed by atoms with Crippen molar-refractivity contribution in [3.63, 3.8) is 0 Å². The topological polar surface area (TPSA) is 67.6 Å². The largest absolute Gasteiger partial charge is 0.334 e. The molecule has 4 aromatic rings. The van der Waals surface area contributed by atoms with Crippen LogP contribution in [-0.2, 0) is 6.54 Å². The van der Waals surface area contributed by atoms with Gasteiger partial charge in [0.2, 0.25) is 0 Å². The Labute approximate surface area is 165 Å². The molecule has 0 aliphatic rings. The van der Waals surface area contributed by atoms with Crippen molar-refractivity contribution in [3.05, 3.63) is 70.1 Å². The van der Waals surface area contributed by atoms with Gasteiger partial charge >= 0.3 is 0 Å². The predicted molar refractivity (Wildman–Crippen MR) is 95.4 cm³/mol. The van der Waals surface area contributed by atoms with Gasteiger partial charge in [-0.1, -0.05) is 16.8 Å². The van der Waals surface area contributed by atoms with Crippen LogP contribution in [0, 0.1) is 23.0 Å². The van der Waals surface area contributed by atoms with Crippen molar-refractivity contribution in [1.82, 2.24) is 14.7 Å². The summed E-state index contributed by atoms with van der Waals surface area (Å²) in [7, 11) is 0. The lowest BCUT2D eigenvalue weighted by Gasteiger charge is -2.08. The van der Waals surface area contributed by atoms with Gasteiger partial charge < -0.3 is 9.09 Å². The molecule has 0 unspecified atom stereocenters. The maximum atomic E-state index is 13.9. The summed E-state index contributed by atoms with van der Waals surface area (Å²) < 4.78 is 60.3. The number of rotatable bonds is 4. The smallest absolute Gasteiger partial charge is 0.278 e. The monoisotopic (exact) mass is 420 g/mol. The molecule has 0 spiro atoms. The fourth-order valence-electron chi connectivity index (χ4n) is 3.00. The van der Waals surface area contributed by atoms with Crippen molar-refractivity contribution in [2.45, 2.75) is 13.0 Å². The average molecular weight is 421 g/mol. The first-order chi connectivity index (χ1) is 13.9. The van der Waals surface area contributed by atoms with E-state index in [0.29, 0.717) is 11.6 Å². The van der Waals surface area contributed by atoms with Crippen LogP contribution in [0.2, 0.25) is 5.02 Å². The molecule has 2 aromatic heterocycles. The number of benzene rings is 2. The molecule has 10 heteroatoms. The Hall–Kier alpha value is -3.38. The zero-order valence-corrected chi connectivity index (χ0v) is 15.1. The molecule has 4 rings (SSSR count). The molecule has 2 heterocycles. The maximum absolute atomic E-state index is 13.9. The van der Waals surface area contributed by atoms with Gasteiger partial charge in [-0.3, -0.25) is 0 Å². The minimum Gasteiger partial charge on any atom is -0.334 e. The van der Waals surface area contributed by atoms with E-state index >= 15 is 0 Å². The lowest BCUT2D eigenvalue weighted by molar-refractivity contribution is 0.142. The van der Waals surface area contributed by atoms with Crippen molar-refractivity contribution in [2.24, 2.45) is 0 Å². The SMILES string of the molecule is N#Cc1ccc2c(cc(C(F)F)n2Cc2noc(-c3ccc(F)cc3F)n2)c1Cl. The quantitative estimate of drug-likeness (QED) is 0.410. The highest BCUT2D eigenvalue weighted by Gasteiger charge is 2.22. The lowest BCUT2D eigenvalue weighted by atomic mass is 10.1. The molecule has 0 atom stereocenters. The molecule has 0 radical (unpaired) electrons. The van der Waals surface area contributed by atoms with Crippen molar-refractivity contribution >= 4 is 22.5 Å². The number of aromatic nitrogens is 3. The zero-order chi connectivity index (χ0) is 20.7. The van der Waals surface area contributed by atoms with E-state index in [4.69, 9.17) is 21.4 Å². The molecule has 0 aliphatic heterocycles. The van der Waals surface area contributed by atoms with Gasteiger partial charge in [-0.2, -0.15) is 10.2 Å². The molecule has 5 nitrogen and oxygen atoms in total. The van der Waals surface area contributed by atoms with E-state index in [2.05, 4.69) is 10.1 Å². The number of halogens is 5. The van der Waals surface area contributed by atoms with Gasteiger partial charge in [-0.05, 0) is 30.3 Å². The number of hydrogen-bond donors (Lipinski definition) is 0. The van der Waals surface area contributed by atoms with E-state index < -0.39 is 18.1 Å². The highest BCUT2D eigenvalue weighted by atomic mass is 35.5. The van der Waals surface area contributed by atoms with Gasteiger partial charge in [0, 0.05) is 11.5 Å². The van der Waals surface area contributed by atoms with E-state index in [1.54, 1.807) is 0 Å². The van der Waals surface area contributed by atoms with Crippen LogP contribution in [0.25, 0.3) is 22.4 Å². The molecular weight excluding hydrogens is 412 g/mol. The Morgan fingerprint density at radius 3 is 2.66 bits per heavy atom. The summed E-state index contributed by atoms with van der Waals surface area (Å²) in [6.07, 6.45) is -2.83. The molecule has 0 bridgehead atoms. The summed E-state index contributed by atoms with van der Waals surface area (Å²) >= 11 is 6.15. The molecule has 146 valence electrons. The van der Waals surface area contributed by atoms with Gasteiger partial charge in [0.1, 0.15) is 17.7 Å². The summed E-state index contributed by atoms with van der Waals surface area (Å²) in [5.74, 6) is -1.86. The van der Waals surface area contributed by atoms with Gasteiger partial charge in [-0.25, -0.2) is 17.6 Å². The maximum Gasteiger partial charge on any atom is 0.278 e. The summed E-state index contributed by atoms with van der Waals surface area (Å²) in [5, 5.41) is 13.1. The van der Waals surface area contributed by atoms with E-state index in [0.717, 1.165) is 12.1 Å². The highest BCUT2D eigenvalue weighted by Crippen LogP contribution is 2.34. The fourth-order valence-corrected chi connectivity index (χ4v) is 3.25. The average Bonchev–Trinajstić information content (AvgIpc) is 3.28. The molecule has 0 amide bonds. The molecule has 29 heavy (non-hydrogen) atoms. The predicted octanol–water partition coefficient (Wildman–Crippen LogP) is 5.48. The molecule has 0 saturated heterocycles. The van der Waals surface area contributed by atoms with Crippen molar-refractivity contribution < 1.29 is 22.1 Å². The molecular formula is C19H9ClF4N4O. The standard InChI is InChI=1S/C19H9ClF4N4O/c20-17-9(7-25)1-4-14-12(17)6-15(18(23)24)28(14)8-16-26-19(29-27-16)11-3-2-10(21)5-13(11)22/h1-6,18H,8H2. The Kier molecular flexibility index (Phi) is 4.72. The number of alkyl halides is 2. The third kappa shape index (κ3) is 3.32. The molecule has 0 aliphatic carbocycles. The van der Waals surface area contributed by atoms with Crippen LogP contribution >= 0.6 is 11.6 Å². The van der Waals surface area contributed by atoms with Crippen LogP contribution in [-0.4, -0.2) is 14.7 Å². The lowest BCUT2D eigenvalue weighted by Crippen LogP contribution is -2.06. The van der Waals surface area contributed by atoms with Crippen LogP contribution in [0.15, 0.2) is 40.9 Å². The van der Waals surface area contributed by atoms with Crippen LogP contribution in [0.4, 0.5) is 17.6 Å². The third-order valence-electron chi connectivity index (χ3n) is 4.32. The normalized spacial score (nSPS) is 11.3. The summed E-state index contributed by atoms with van der Waals surface area (Å²) in [6.45, 7) is -0.211. The number of hydrogen-bond acceptors (Lipinski definition) is 4. The van der Waals surface area contributed by atoms with Gasteiger partial charge in [0.05, 0.1) is 33.9 Å². The van der Waals surface area contributed by atoms with E-state index in [1.165, 1.54) is 22.8 Å². The second-order valence-electron chi connectivity index (χ2n) is 6.07. The van der Waals surface area contributed by atoms with Crippen LogP contribution in [0.1, 0.15) is 23.5 Å². The molecule has 0 saturated carbocycles. The second kappa shape index (κ2) is 7.22. The number of fused-ring (bicyclic) bond motifs is 1. The third-order valence-corrected chi connectivity index (χ3v) is 4.73. The Balaban J connectivity index is 1.77. The Morgan fingerprint density at radius 1 is 1.17 bits per heavy atom. The Bertz CT molecular complexity index is 1280. The minimum absolute atomic E-state index is 0.00334. The second-order valence-corrected chi connectivity index (χ2v) is 6.45. The highest BCUT2D eigenvalue weighted by molar-refractivity contribution is 6.36. The first kappa shape index (κ1) is 19.0. The molecule has 0 N–H and O–H groups in total. The fraction of sp³-hybridized carbons (Fsp3) is 0.105. The summed E-state index contributed by atoms with van der Waals surface area (Å²) in [5.41, 5.74) is 0.0454. The van der Waals surface area contributed by atoms with E-state index in [-0.39, 0.29) is 45.5 Å². The van der Waals surface area contributed by atoms with E-state index in [1.807, 2.05) is 6.07 Å². The van der Waals surface area contributed by atoms with Crippen LogP contribution < -0.4 is 0 Å². The van der Waals surface area contributed by atoms with Crippen molar-refractivity contribution in [3.8, 4) is 17.5 Å². The number of nitrogens with zero attached hydrogens (tertiary/aromatic N) is 4. The first-order valence-corrected chi connectivity index (χ1v) is 8.54. The zero-order valence-electron chi connectivity index (χ0n) is 14.3. The summed E-state index contributed by atoms with van der Waals surface area (Å²) in [6, 6.07) is 8.85. The van der Waals surface area contributed by atoms with E-state index in [9.17, 15) is 17.6 Å². The molecule has 0 fully saturated rings. The van der Waals surface area contributed by atoms with Crippen LogP contribution in [0.3, 0.4) is 0 Å². The summed E-state index contributed by atoms with van der Waals surface area (Å²) in [4.78, 5) is 4.02. The first-order valence-electron chi connectivity index (χ1n) is 8.17. The van der Waals surface area contributed by atoms with Gasteiger partial charge in [0.25, 0.3) is 12.3 Å². The van der Waals surface area contributed by atoms with Crippen LogP contribution in [0.5, 0.6) is 0 Å². The van der Waals surface area contributed by atoms with Crippen molar-refractivity contribution in [2.75, 3.05) is 0 Å².